The number of thiazole rings is 1. The van der Waals surface area contributed by atoms with E-state index >= 15 is 0 Å². The maximum absolute atomic E-state index is 11.9. The normalized spacial score (nSPS) is 16.1. The molecule has 1 aromatic rings. The number of rotatable bonds is 5. The molecule has 2 heterocycles. The van der Waals surface area contributed by atoms with Gasteiger partial charge in [-0.05, 0) is 37.2 Å². The summed E-state index contributed by atoms with van der Waals surface area (Å²) in [6, 6.07) is 0. The Morgan fingerprint density at radius 1 is 1.40 bits per heavy atom. The summed E-state index contributed by atoms with van der Waals surface area (Å²) in [5.41, 5.74) is 0.510. The van der Waals surface area contributed by atoms with Gasteiger partial charge in [-0.3, -0.25) is 4.79 Å². The number of hydrogen-bond donors (Lipinski definition) is 2. The van der Waals surface area contributed by atoms with Gasteiger partial charge >= 0.3 is 5.97 Å². The molecule has 1 amide bonds. The molecule has 2 N–H and O–H groups in total. The highest BCUT2D eigenvalue weighted by Gasteiger charge is 2.18. The minimum Gasteiger partial charge on any atom is -0.477 e. The summed E-state index contributed by atoms with van der Waals surface area (Å²) >= 11 is 3.07. The van der Waals surface area contributed by atoms with Crippen molar-refractivity contribution in [1.29, 1.82) is 0 Å². The number of hydrogen-bond acceptors (Lipinski definition) is 5. The summed E-state index contributed by atoms with van der Waals surface area (Å²) in [5, 5.41) is 12.4. The van der Waals surface area contributed by atoms with Gasteiger partial charge in [0.15, 0.2) is 0 Å². The maximum Gasteiger partial charge on any atom is 0.347 e. The molecular formula is C13H18N2O3S2. The molecule has 0 radical (unpaired) electrons. The van der Waals surface area contributed by atoms with Crippen molar-refractivity contribution in [1.82, 2.24) is 10.3 Å². The highest BCUT2D eigenvalue weighted by atomic mass is 32.2. The van der Waals surface area contributed by atoms with E-state index in [1.54, 1.807) is 6.92 Å². The Labute approximate surface area is 126 Å². The SMILES string of the molecule is Cc1nc(CNC(=O)CC2CCSCC2)sc1C(=O)O. The summed E-state index contributed by atoms with van der Waals surface area (Å²) in [4.78, 5) is 27.2. The lowest BCUT2D eigenvalue weighted by molar-refractivity contribution is -0.122. The number of aromatic nitrogens is 1. The van der Waals surface area contributed by atoms with Crippen molar-refractivity contribution in [3.8, 4) is 0 Å². The molecule has 110 valence electrons. The third kappa shape index (κ3) is 4.21. The van der Waals surface area contributed by atoms with Crippen LogP contribution in [0.2, 0.25) is 0 Å². The molecule has 0 unspecified atom stereocenters. The molecule has 7 heteroatoms. The molecule has 0 bridgehead atoms. The van der Waals surface area contributed by atoms with Gasteiger partial charge in [0.2, 0.25) is 5.91 Å². The minimum absolute atomic E-state index is 0.0339. The number of nitrogens with one attached hydrogen (secondary N) is 1. The topological polar surface area (TPSA) is 79.3 Å². The lowest BCUT2D eigenvalue weighted by Gasteiger charge is -2.20. The second-order valence-corrected chi connectivity index (χ2v) is 7.17. The monoisotopic (exact) mass is 314 g/mol. The fourth-order valence-electron chi connectivity index (χ4n) is 2.19. The van der Waals surface area contributed by atoms with Crippen LogP contribution in [0.25, 0.3) is 0 Å². The van der Waals surface area contributed by atoms with Crippen LogP contribution in [0, 0.1) is 12.8 Å². The van der Waals surface area contributed by atoms with Crippen LogP contribution in [0.1, 0.15) is 39.6 Å². The molecule has 0 saturated carbocycles. The molecule has 5 nitrogen and oxygen atoms in total. The third-order valence-electron chi connectivity index (χ3n) is 3.29. The quantitative estimate of drug-likeness (QED) is 0.872. The van der Waals surface area contributed by atoms with Crippen LogP contribution in [0.15, 0.2) is 0 Å². The predicted octanol–water partition coefficient (Wildman–Crippen LogP) is 2.30. The molecule has 2 rings (SSSR count). The van der Waals surface area contributed by atoms with Gasteiger partial charge < -0.3 is 10.4 Å². The van der Waals surface area contributed by atoms with Crippen molar-refractivity contribution in [2.45, 2.75) is 32.7 Å². The Kier molecular flexibility index (Phi) is 5.42. The number of thioether (sulfide) groups is 1. The Morgan fingerprint density at radius 3 is 2.70 bits per heavy atom. The van der Waals surface area contributed by atoms with Crippen molar-refractivity contribution in [3.63, 3.8) is 0 Å². The summed E-state index contributed by atoms with van der Waals surface area (Å²) in [5.74, 6) is 1.85. The molecule has 1 saturated heterocycles. The number of aryl methyl sites for hydroxylation is 1. The first-order chi connectivity index (χ1) is 9.56. The van der Waals surface area contributed by atoms with Crippen LogP contribution < -0.4 is 5.32 Å². The van der Waals surface area contributed by atoms with Crippen LogP contribution in [0.5, 0.6) is 0 Å². The molecule has 0 aliphatic carbocycles. The number of aromatic carboxylic acids is 1. The van der Waals surface area contributed by atoms with E-state index in [2.05, 4.69) is 10.3 Å². The van der Waals surface area contributed by atoms with Crippen molar-refractivity contribution >= 4 is 35.0 Å². The van der Waals surface area contributed by atoms with E-state index in [1.807, 2.05) is 11.8 Å². The molecule has 1 aromatic heterocycles. The largest absolute Gasteiger partial charge is 0.477 e. The predicted molar refractivity (Wildman–Crippen MR) is 80.3 cm³/mol. The smallest absolute Gasteiger partial charge is 0.347 e. The lowest BCUT2D eigenvalue weighted by atomic mass is 9.98. The number of nitrogens with zero attached hydrogens (tertiary/aromatic N) is 1. The second-order valence-electron chi connectivity index (χ2n) is 4.86. The van der Waals surface area contributed by atoms with Gasteiger partial charge in [-0.15, -0.1) is 11.3 Å². The Hall–Kier alpha value is -1.08. The zero-order chi connectivity index (χ0) is 14.5. The average Bonchev–Trinajstić information content (AvgIpc) is 2.79. The Bertz CT molecular complexity index is 496. The van der Waals surface area contributed by atoms with E-state index in [0.29, 0.717) is 29.6 Å². The summed E-state index contributed by atoms with van der Waals surface area (Å²) < 4.78 is 0. The van der Waals surface area contributed by atoms with Gasteiger partial charge in [0, 0.05) is 6.42 Å². The van der Waals surface area contributed by atoms with E-state index in [-0.39, 0.29) is 10.8 Å². The Morgan fingerprint density at radius 2 is 2.10 bits per heavy atom. The van der Waals surface area contributed by atoms with Gasteiger partial charge in [-0.25, -0.2) is 9.78 Å². The minimum atomic E-state index is -0.961. The fraction of sp³-hybridized carbons (Fsp3) is 0.615. The molecule has 1 aliphatic heterocycles. The van der Waals surface area contributed by atoms with Gasteiger partial charge in [0.05, 0.1) is 12.2 Å². The van der Waals surface area contributed by atoms with Crippen LogP contribution in [-0.4, -0.2) is 33.5 Å². The van der Waals surface area contributed by atoms with Gasteiger partial charge in [-0.2, -0.15) is 11.8 Å². The van der Waals surface area contributed by atoms with Gasteiger partial charge in [0.1, 0.15) is 9.88 Å². The summed E-state index contributed by atoms with van der Waals surface area (Å²) in [6.45, 7) is 1.99. The van der Waals surface area contributed by atoms with Crippen molar-refractivity contribution < 1.29 is 14.7 Å². The molecule has 0 aromatic carbocycles. The van der Waals surface area contributed by atoms with Crippen molar-refractivity contribution in [2.24, 2.45) is 5.92 Å². The lowest BCUT2D eigenvalue weighted by Crippen LogP contribution is -2.26. The van der Waals surface area contributed by atoms with Crippen LogP contribution in [0.3, 0.4) is 0 Å². The van der Waals surface area contributed by atoms with E-state index in [4.69, 9.17) is 5.11 Å². The molecule has 0 spiro atoms. The number of amides is 1. The fourth-order valence-corrected chi connectivity index (χ4v) is 4.23. The second kappa shape index (κ2) is 7.08. The number of carboxylic acid groups (broad SMARTS) is 1. The average molecular weight is 314 g/mol. The first-order valence-electron chi connectivity index (χ1n) is 6.60. The molecule has 1 fully saturated rings. The van der Waals surface area contributed by atoms with E-state index in [0.717, 1.165) is 35.7 Å². The summed E-state index contributed by atoms with van der Waals surface area (Å²) in [6.07, 6.45) is 2.78. The maximum atomic E-state index is 11.9. The number of carbonyl (C=O) groups excluding carboxylic acids is 1. The van der Waals surface area contributed by atoms with E-state index < -0.39 is 5.97 Å². The number of carboxylic acids is 1. The standard InChI is InChI=1S/C13H18N2O3S2/c1-8-12(13(17)18)20-11(15-8)7-14-10(16)6-9-2-4-19-5-3-9/h9H,2-7H2,1H3,(H,14,16)(H,17,18). The van der Waals surface area contributed by atoms with Crippen molar-refractivity contribution in [3.05, 3.63) is 15.6 Å². The third-order valence-corrected chi connectivity index (χ3v) is 5.48. The van der Waals surface area contributed by atoms with Crippen LogP contribution in [-0.2, 0) is 11.3 Å². The number of carbonyl (C=O) groups is 2. The first-order valence-corrected chi connectivity index (χ1v) is 8.57. The Balaban J connectivity index is 1.80. The molecular weight excluding hydrogens is 296 g/mol. The van der Waals surface area contributed by atoms with Gasteiger partial charge in [0.25, 0.3) is 0 Å². The molecule has 1 aliphatic rings. The van der Waals surface area contributed by atoms with E-state index in [9.17, 15) is 9.59 Å². The van der Waals surface area contributed by atoms with E-state index in [1.165, 1.54) is 0 Å². The summed E-state index contributed by atoms with van der Waals surface area (Å²) in [7, 11) is 0. The highest BCUT2D eigenvalue weighted by molar-refractivity contribution is 7.99. The van der Waals surface area contributed by atoms with Crippen LogP contribution in [0.4, 0.5) is 0 Å². The van der Waals surface area contributed by atoms with Gasteiger partial charge in [-0.1, -0.05) is 0 Å². The zero-order valence-corrected chi connectivity index (χ0v) is 13.0. The van der Waals surface area contributed by atoms with Crippen LogP contribution >= 0.6 is 23.1 Å². The van der Waals surface area contributed by atoms with Crippen molar-refractivity contribution in [2.75, 3.05) is 11.5 Å². The first kappa shape index (κ1) is 15.3. The highest BCUT2D eigenvalue weighted by Crippen LogP contribution is 2.25. The zero-order valence-electron chi connectivity index (χ0n) is 11.3. The molecule has 0 atom stereocenters. The molecule has 20 heavy (non-hydrogen) atoms.